The van der Waals surface area contributed by atoms with Gasteiger partial charge in [0.2, 0.25) is 11.8 Å². The lowest BCUT2D eigenvalue weighted by Gasteiger charge is -2.27. The summed E-state index contributed by atoms with van der Waals surface area (Å²) in [5.74, 6) is -1.88. The topological polar surface area (TPSA) is 127 Å². The Morgan fingerprint density at radius 2 is 1.73 bits per heavy atom. The van der Waals surface area contributed by atoms with Crippen LogP contribution < -0.4 is 16.4 Å². The molecule has 4 N–H and O–H groups in total. The Morgan fingerprint density at radius 3 is 2.43 bits per heavy atom. The normalized spacial score (nSPS) is 18.7. The molecular formula is C21H18N4O4S. The van der Waals surface area contributed by atoms with Gasteiger partial charge >= 0.3 is 0 Å². The maximum Gasteiger partial charge on any atom is 0.270 e. The van der Waals surface area contributed by atoms with E-state index in [0.29, 0.717) is 22.4 Å². The first-order chi connectivity index (χ1) is 14.3. The van der Waals surface area contributed by atoms with E-state index in [-0.39, 0.29) is 12.1 Å². The fourth-order valence-corrected chi connectivity index (χ4v) is 3.96. The fourth-order valence-electron chi connectivity index (χ4n) is 3.71. The first-order valence-corrected chi connectivity index (χ1v) is 9.70. The summed E-state index contributed by atoms with van der Waals surface area (Å²) in [5, 5.41) is 18.3. The summed E-state index contributed by atoms with van der Waals surface area (Å²) >= 11 is 4.06. The number of thiol groups is 1. The average molecular weight is 422 g/mol. The van der Waals surface area contributed by atoms with Crippen LogP contribution in [0.2, 0.25) is 0 Å². The number of carbonyl (C=O) groups is 2. The van der Waals surface area contributed by atoms with Gasteiger partial charge in [0, 0.05) is 23.4 Å². The van der Waals surface area contributed by atoms with Crippen molar-refractivity contribution in [2.75, 3.05) is 5.73 Å². The van der Waals surface area contributed by atoms with Crippen LogP contribution in [-0.4, -0.2) is 22.2 Å². The smallest absolute Gasteiger partial charge is 0.270 e. The second-order valence-electron chi connectivity index (χ2n) is 7.03. The number of nitrogens with one attached hydrogen (secondary N) is 2. The van der Waals surface area contributed by atoms with E-state index in [1.54, 1.807) is 12.1 Å². The molecule has 0 radical (unpaired) electrons. The molecule has 0 bridgehead atoms. The monoisotopic (exact) mass is 422 g/mol. The number of nitro benzene ring substituents is 1. The molecule has 1 aliphatic heterocycles. The van der Waals surface area contributed by atoms with Gasteiger partial charge in [-0.1, -0.05) is 36.4 Å². The molecule has 1 aliphatic rings. The second-order valence-corrected chi connectivity index (χ2v) is 7.54. The lowest BCUT2D eigenvalue weighted by molar-refractivity contribution is -0.384. The molecule has 30 heavy (non-hydrogen) atoms. The summed E-state index contributed by atoms with van der Waals surface area (Å²) in [6.45, 7) is 0. The van der Waals surface area contributed by atoms with Crippen molar-refractivity contribution in [3.8, 4) is 11.1 Å². The molecule has 152 valence electrons. The molecule has 0 spiro atoms. The van der Waals surface area contributed by atoms with Crippen molar-refractivity contribution in [2.45, 2.75) is 11.9 Å². The number of anilines is 1. The van der Waals surface area contributed by atoms with Crippen LogP contribution in [0.15, 0.2) is 54.6 Å². The molecule has 1 fully saturated rings. The van der Waals surface area contributed by atoms with Crippen LogP contribution in [0.25, 0.3) is 21.9 Å². The zero-order valence-corrected chi connectivity index (χ0v) is 16.6. The summed E-state index contributed by atoms with van der Waals surface area (Å²) in [6, 6.07) is 15.5. The predicted molar refractivity (Wildman–Crippen MR) is 117 cm³/mol. The maximum atomic E-state index is 12.4. The van der Waals surface area contributed by atoms with Gasteiger partial charge in [-0.15, -0.1) is 12.6 Å². The number of nitro groups is 1. The van der Waals surface area contributed by atoms with Gasteiger partial charge in [-0.3, -0.25) is 19.7 Å². The SMILES string of the molecule is Nc1ccc2ccccc2c1-c1cc([N+](=O)[O-])ccc1CC1C(=O)NC(S)NC1=O. The van der Waals surface area contributed by atoms with Gasteiger partial charge in [0.25, 0.3) is 5.69 Å². The van der Waals surface area contributed by atoms with Crippen molar-refractivity contribution in [1.29, 1.82) is 0 Å². The van der Waals surface area contributed by atoms with Crippen molar-refractivity contribution in [1.82, 2.24) is 10.6 Å². The molecule has 3 aromatic carbocycles. The molecule has 0 atom stereocenters. The van der Waals surface area contributed by atoms with E-state index >= 15 is 0 Å². The minimum Gasteiger partial charge on any atom is -0.398 e. The minimum absolute atomic E-state index is 0.0636. The van der Waals surface area contributed by atoms with Crippen LogP contribution in [0, 0.1) is 16.0 Å². The van der Waals surface area contributed by atoms with Gasteiger partial charge in [-0.2, -0.15) is 0 Å². The van der Waals surface area contributed by atoms with E-state index in [0.717, 1.165) is 10.8 Å². The van der Waals surface area contributed by atoms with E-state index < -0.39 is 28.2 Å². The summed E-state index contributed by atoms with van der Waals surface area (Å²) in [6.07, 6.45) is 0.0636. The Bertz CT molecular complexity index is 1180. The third kappa shape index (κ3) is 3.55. The van der Waals surface area contributed by atoms with Crippen molar-refractivity contribution in [3.63, 3.8) is 0 Å². The highest BCUT2D eigenvalue weighted by Crippen LogP contribution is 2.38. The molecule has 0 aliphatic carbocycles. The van der Waals surface area contributed by atoms with Gasteiger partial charge in [0.05, 0.1) is 4.92 Å². The average Bonchev–Trinajstić information content (AvgIpc) is 2.70. The molecule has 9 heteroatoms. The standard InChI is InChI=1S/C21H18N4O4S/c22-17-8-6-11-3-1-2-4-14(11)18(17)15-10-13(25(28)29)7-5-12(15)9-16-19(26)23-21(30)24-20(16)27/h1-8,10,16,21,30H,9,22H2,(H,23,26)(H,24,27). The number of nitrogen functional groups attached to an aromatic ring is 1. The van der Waals surface area contributed by atoms with Gasteiger partial charge in [-0.05, 0) is 34.4 Å². The number of fused-ring (bicyclic) bond motifs is 1. The number of non-ortho nitro benzene ring substituents is 1. The third-order valence-electron chi connectivity index (χ3n) is 5.15. The molecule has 1 heterocycles. The van der Waals surface area contributed by atoms with E-state index in [1.807, 2.05) is 30.3 Å². The number of nitrogens with zero attached hydrogens (tertiary/aromatic N) is 1. The molecule has 3 aromatic rings. The van der Waals surface area contributed by atoms with Crippen LogP contribution in [-0.2, 0) is 16.0 Å². The van der Waals surface area contributed by atoms with E-state index in [9.17, 15) is 19.7 Å². The number of nitrogens with two attached hydrogens (primary N) is 1. The minimum atomic E-state index is -0.982. The zero-order chi connectivity index (χ0) is 21.4. The van der Waals surface area contributed by atoms with Crippen molar-refractivity contribution >= 4 is 46.6 Å². The Balaban J connectivity index is 1.89. The van der Waals surface area contributed by atoms with Crippen LogP contribution >= 0.6 is 12.6 Å². The Hall–Kier alpha value is -3.59. The molecule has 4 rings (SSSR count). The van der Waals surface area contributed by atoms with Crippen LogP contribution in [0.4, 0.5) is 11.4 Å². The zero-order valence-electron chi connectivity index (χ0n) is 15.7. The lowest BCUT2D eigenvalue weighted by atomic mass is 9.87. The largest absolute Gasteiger partial charge is 0.398 e. The van der Waals surface area contributed by atoms with Gasteiger partial charge < -0.3 is 16.4 Å². The molecule has 8 nitrogen and oxygen atoms in total. The third-order valence-corrected chi connectivity index (χ3v) is 5.41. The summed E-state index contributed by atoms with van der Waals surface area (Å²) in [4.78, 5) is 35.7. The molecule has 2 amide bonds. The predicted octanol–water partition coefficient (Wildman–Crippen LogP) is 2.62. The Morgan fingerprint density at radius 1 is 1.03 bits per heavy atom. The molecule has 1 saturated heterocycles. The van der Waals surface area contributed by atoms with Gasteiger partial charge in [-0.25, -0.2) is 0 Å². The molecule has 0 saturated carbocycles. The summed E-state index contributed by atoms with van der Waals surface area (Å²) in [5.41, 5.74) is 7.64. The highest BCUT2D eigenvalue weighted by Gasteiger charge is 2.34. The number of hydrogen-bond donors (Lipinski definition) is 4. The van der Waals surface area contributed by atoms with Gasteiger partial charge in [0.15, 0.2) is 0 Å². The highest BCUT2D eigenvalue weighted by molar-refractivity contribution is 7.80. The lowest BCUT2D eigenvalue weighted by Crippen LogP contribution is -2.57. The van der Waals surface area contributed by atoms with Crippen LogP contribution in [0.5, 0.6) is 0 Å². The quantitative estimate of drug-likeness (QED) is 0.169. The van der Waals surface area contributed by atoms with Crippen molar-refractivity contribution in [3.05, 3.63) is 70.3 Å². The Labute approximate surface area is 177 Å². The number of benzene rings is 3. The summed E-state index contributed by atoms with van der Waals surface area (Å²) < 4.78 is 0. The summed E-state index contributed by atoms with van der Waals surface area (Å²) in [7, 11) is 0. The molecule has 0 unspecified atom stereocenters. The fraction of sp³-hybridized carbons (Fsp3) is 0.143. The molecular weight excluding hydrogens is 404 g/mol. The van der Waals surface area contributed by atoms with E-state index in [4.69, 9.17) is 5.73 Å². The van der Waals surface area contributed by atoms with Crippen molar-refractivity contribution in [2.24, 2.45) is 5.92 Å². The second kappa shape index (κ2) is 7.68. The Kier molecular flexibility index (Phi) is 5.04. The number of rotatable bonds is 4. The number of hydrogen-bond acceptors (Lipinski definition) is 6. The first kappa shape index (κ1) is 19.7. The van der Waals surface area contributed by atoms with Crippen LogP contribution in [0.3, 0.4) is 0 Å². The van der Waals surface area contributed by atoms with Crippen molar-refractivity contribution < 1.29 is 14.5 Å². The highest BCUT2D eigenvalue weighted by atomic mass is 32.1. The maximum absolute atomic E-state index is 12.4. The number of carbonyl (C=O) groups excluding carboxylic acids is 2. The first-order valence-electron chi connectivity index (χ1n) is 9.19. The van der Waals surface area contributed by atoms with E-state index in [2.05, 4.69) is 23.3 Å². The molecule has 0 aromatic heterocycles. The van der Waals surface area contributed by atoms with Gasteiger partial charge in [0.1, 0.15) is 11.4 Å². The van der Waals surface area contributed by atoms with Crippen LogP contribution in [0.1, 0.15) is 5.56 Å². The van der Waals surface area contributed by atoms with E-state index in [1.165, 1.54) is 12.1 Å². The number of amides is 2.